The van der Waals surface area contributed by atoms with E-state index in [1.165, 1.54) is 11.5 Å². The summed E-state index contributed by atoms with van der Waals surface area (Å²) in [5.41, 5.74) is 1.98. The third-order valence-electron chi connectivity index (χ3n) is 4.22. The van der Waals surface area contributed by atoms with Crippen molar-refractivity contribution in [3.05, 3.63) is 46.0 Å². The number of carboxylic acids is 1. The van der Waals surface area contributed by atoms with Crippen LogP contribution in [0.15, 0.2) is 35.4 Å². The SMILES string of the molecule is CC(=O)Nc1cc(-c2nsc(Nc3ccc4[nH]ncc4c3Cl)n2)cn(C)c1=O.O=C(O)C(F)(F)F. The normalized spacial score (nSPS) is 11.0. The topological polar surface area (TPSA) is 155 Å². The zero-order valence-electron chi connectivity index (χ0n) is 17.8. The van der Waals surface area contributed by atoms with Crippen molar-refractivity contribution in [2.75, 3.05) is 10.6 Å². The molecule has 4 aromatic rings. The lowest BCUT2D eigenvalue weighted by Crippen LogP contribution is -2.22. The Hall–Kier alpha value is -3.98. The Bertz CT molecular complexity index is 1460. The molecule has 11 nitrogen and oxygen atoms in total. The summed E-state index contributed by atoms with van der Waals surface area (Å²) >= 11 is 7.58. The van der Waals surface area contributed by atoms with Crippen molar-refractivity contribution in [3.8, 4) is 11.4 Å². The molecule has 0 aliphatic carbocycles. The van der Waals surface area contributed by atoms with Crippen LogP contribution in [0.4, 0.5) is 29.7 Å². The first-order valence-electron chi connectivity index (χ1n) is 9.38. The third-order valence-corrected chi connectivity index (χ3v) is 5.26. The zero-order chi connectivity index (χ0) is 25.9. The summed E-state index contributed by atoms with van der Waals surface area (Å²) in [6.45, 7) is 1.34. The summed E-state index contributed by atoms with van der Waals surface area (Å²) in [4.78, 5) is 36.8. The van der Waals surface area contributed by atoms with E-state index < -0.39 is 12.1 Å². The number of carbonyl (C=O) groups excluding carboxylic acids is 1. The van der Waals surface area contributed by atoms with Crippen molar-refractivity contribution in [2.24, 2.45) is 7.05 Å². The average Bonchev–Trinajstić information content (AvgIpc) is 3.43. The molecule has 0 fully saturated rings. The first kappa shape index (κ1) is 25.6. The van der Waals surface area contributed by atoms with Gasteiger partial charge in [0.05, 0.1) is 22.4 Å². The second-order valence-electron chi connectivity index (χ2n) is 6.85. The number of benzene rings is 1. The van der Waals surface area contributed by atoms with Crippen LogP contribution in [0.2, 0.25) is 5.02 Å². The lowest BCUT2D eigenvalue weighted by molar-refractivity contribution is -0.192. The van der Waals surface area contributed by atoms with Gasteiger partial charge in [-0.2, -0.15) is 27.6 Å². The fourth-order valence-electron chi connectivity index (χ4n) is 2.70. The van der Waals surface area contributed by atoms with Crippen LogP contribution in [0.5, 0.6) is 0 Å². The number of carbonyl (C=O) groups is 2. The van der Waals surface area contributed by atoms with Crippen molar-refractivity contribution in [1.82, 2.24) is 24.1 Å². The lowest BCUT2D eigenvalue weighted by atomic mass is 10.2. The minimum Gasteiger partial charge on any atom is -0.475 e. The Labute approximate surface area is 202 Å². The van der Waals surface area contributed by atoms with Crippen molar-refractivity contribution < 1.29 is 27.9 Å². The Balaban J connectivity index is 0.000000429. The molecule has 3 heterocycles. The van der Waals surface area contributed by atoms with Crippen LogP contribution in [0, 0.1) is 0 Å². The van der Waals surface area contributed by atoms with E-state index in [-0.39, 0.29) is 17.2 Å². The second-order valence-corrected chi connectivity index (χ2v) is 7.98. The van der Waals surface area contributed by atoms with Gasteiger partial charge in [-0.25, -0.2) is 4.79 Å². The van der Waals surface area contributed by atoms with Crippen molar-refractivity contribution in [2.45, 2.75) is 13.1 Å². The fraction of sp³-hybridized carbons (Fsp3) is 0.158. The van der Waals surface area contributed by atoms with Gasteiger partial charge >= 0.3 is 12.1 Å². The molecular weight excluding hydrogens is 515 g/mol. The van der Waals surface area contributed by atoms with E-state index in [1.807, 2.05) is 12.1 Å². The first-order chi connectivity index (χ1) is 16.4. The summed E-state index contributed by atoms with van der Waals surface area (Å²) < 4.78 is 37.4. The standard InChI is InChI=1S/C17H14ClN7O2S.C2HF3O2/c1-8(26)20-13-5-9(7-25(2)16(13)27)15-22-17(28-24-15)21-12-4-3-11-10(14(12)18)6-19-23-11;3-2(4,5)1(6)7/h3-7H,1-2H3,(H,19,23)(H,20,26)(H,21,22,24);(H,6,7). The Morgan fingerprint density at radius 3 is 2.57 bits per heavy atom. The summed E-state index contributed by atoms with van der Waals surface area (Å²) in [5.74, 6) is -2.66. The number of rotatable bonds is 4. The summed E-state index contributed by atoms with van der Waals surface area (Å²) in [5, 5.41) is 21.5. The van der Waals surface area contributed by atoms with Crippen LogP contribution >= 0.6 is 23.1 Å². The minimum atomic E-state index is -5.08. The Kier molecular flexibility index (Phi) is 7.40. The number of hydrogen-bond acceptors (Lipinski definition) is 8. The van der Waals surface area contributed by atoms with E-state index in [9.17, 15) is 22.8 Å². The van der Waals surface area contributed by atoms with Gasteiger partial charge in [0.1, 0.15) is 5.69 Å². The van der Waals surface area contributed by atoms with Gasteiger partial charge < -0.3 is 20.3 Å². The number of aryl methyl sites for hydroxylation is 1. The van der Waals surface area contributed by atoms with Crippen molar-refractivity contribution in [1.29, 1.82) is 0 Å². The number of aromatic amines is 1. The molecule has 1 aromatic carbocycles. The van der Waals surface area contributed by atoms with Crippen LogP contribution in [-0.2, 0) is 16.6 Å². The molecule has 0 atom stereocenters. The minimum absolute atomic E-state index is 0.172. The molecule has 3 aromatic heterocycles. The average molecular weight is 530 g/mol. The molecule has 0 aliphatic rings. The summed E-state index contributed by atoms with van der Waals surface area (Å²) in [7, 11) is 1.60. The predicted molar refractivity (Wildman–Crippen MR) is 123 cm³/mol. The van der Waals surface area contributed by atoms with E-state index in [0.29, 0.717) is 27.2 Å². The van der Waals surface area contributed by atoms with Crippen LogP contribution in [0.1, 0.15) is 6.92 Å². The fourth-order valence-corrected chi connectivity index (χ4v) is 3.56. The van der Waals surface area contributed by atoms with Gasteiger partial charge in [0.15, 0.2) is 5.82 Å². The molecule has 1 amide bonds. The maximum atomic E-state index is 12.1. The molecule has 0 bridgehead atoms. The van der Waals surface area contributed by atoms with E-state index >= 15 is 0 Å². The smallest absolute Gasteiger partial charge is 0.475 e. The van der Waals surface area contributed by atoms with Gasteiger partial charge in [-0.15, -0.1) is 0 Å². The van der Waals surface area contributed by atoms with Crippen LogP contribution in [-0.4, -0.2) is 47.3 Å². The molecule has 35 heavy (non-hydrogen) atoms. The van der Waals surface area contributed by atoms with Crippen LogP contribution in [0.25, 0.3) is 22.3 Å². The van der Waals surface area contributed by atoms with Gasteiger partial charge in [0.25, 0.3) is 5.56 Å². The molecule has 0 spiro atoms. The number of nitrogens with one attached hydrogen (secondary N) is 3. The number of carboxylic acid groups (broad SMARTS) is 1. The van der Waals surface area contributed by atoms with E-state index in [1.54, 1.807) is 25.5 Å². The molecule has 184 valence electrons. The third kappa shape index (κ3) is 6.13. The second kappa shape index (κ2) is 10.1. The quantitative estimate of drug-likeness (QED) is 0.311. The highest BCUT2D eigenvalue weighted by molar-refractivity contribution is 7.10. The number of hydrogen-bond donors (Lipinski definition) is 4. The van der Waals surface area contributed by atoms with E-state index in [4.69, 9.17) is 21.5 Å². The van der Waals surface area contributed by atoms with E-state index in [0.717, 1.165) is 22.4 Å². The largest absolute Gasteiger partial charge is 0.490 e. The summed E-state index contributed by atoms with van der Waals surface area (Å²) in [6, 6.07) is 5.25. The molecule has 0 aliphatic heterocycles. The van der Waals surface area contributed by atoms with Gasteiger partial charge in [-0.1, -0.05) is 11.6 Å². The molecular formula is C19H15ClF3N7O4S. The van der Waals surface area contributed by atoms with Gasteiger partial charge in [0.2, 0.25) is 11.0 Å². The van der Waals surface area contributed by atoms with Crippen LogP contribution in [0.3, 0.4) is 0 Å². The zero-order valence-corrected chi connectivity index (χ0v) is 19.3. The predicted octanol–water partition coefficient (Wildman–Crippen LogP) is 3.77. The first-order valence-corrected chi connectivity index (χ1v) is 10.5. The van der Waals surface area contributed by atoms with Gasteiger partial charge in [0, 0.05) is 42.7 Å². The lowest BCUT2D eigenvalue weighted by Gasteiger charge is -2.07. The number of H-pyrrole nitrogens is 1. The van der Waals surface area contributed by atoms with Crippen molar-refractivity contribution >= 4 is 62.4 Å². The highest BCUT2D eigenvalue weighted by Gasteiger charge is 2.38. The van der Waals surface area contributed by atoms with Gasteiger partial charge in [-0.05, 0) is 18.2 Å². The highest BCUT2D eigenvalue weighted by Crippen LogP contribution is 2.33. The molecule has 0 saturated heterocycles. The van der Waals surface area contributed by atoms with Crippen molar-refractivity contribution in [3.63, 3.8) is 0 Å². The molecule has 16 heteroatoms. The number of nitrogens with zero attached hydrogens (tertiary/aromatic N) is 4. The number of pyridine rings is 1. The number of aliphatic carboxylic acids is 1. The Morgan fingerprint density at radius 2 is 1.94 bits per heavy atom. The molecule has 0 radical (unpaired) electrons. The molecule has 0 unspecified atom stereocenters. The number of fused-ring (bicyclic) bond motifs is 1. The maximum absolute atomic E-state index is 12.1. The van der Waals surface area contributed by atoms with Gasteiger partial charge in [-0.3, -0.25) is 14.7 Å². The highest BCUT2D eigenvalue weighted by atomic mass is 35.5. The number of halogens is 4. The van der Waals surface area contributed by atoms with E-state index in [2.05, 4.69) is 30.2 Å². The number of alkyl halides is 3. The monoisotopic (exact) mass is 529 g/mol. The number of amides is 1. The van der Waals surface area contributed by atoms with Crippen LogP contribution < -0.4 is 16.2 Å². The molecule has 4 rings (SSSR count). The molecule has 0 saturated carbocycles. The number of anilines is 3. The molecule has 4 N–H and O–H groups in total. The maximum Gasteiger partial charge on any atom is 0.490 e. The Morgan fingerprint density at radius 1 is 1.26 bits per heavy atom. The number of aromatic nitrogens is 5. The summed E-state index contributed by atoms with van der Waals surface area (Å²) in [6.07, 6.45) is -1.81.